The molecular weight excluding hydrogens is 284 g/mol. The number of carbonyl (C=O) groups excluding carboxylic acids is 1. The minimum absolute atomic E-state index is 0.104. The first-order valence-electron chi connectivity index (χ1n) is 7.52. The zero-order valence-corrected chi connectivity index (χ0v) is 13.3. The fourth-order valence-corrected chi connectivity index (χ4v) is 3.27. The average Bonchev–Trinajstić information content (AvgIpc) is 2.89. The number of terminal acetylenes is 1. The van der Waals surface area contributed by atoms with Crippen LogP contribution in [0.3, 0.4) is 0 Å². The molecule has 1 unspecified atom stereocenters. The molecule has 0 aliphatic heterocycles. The SMILES string of the molecule is C#CCN(C(=O)C(C)OC1CCCCCC1)c1nccs1. The van der Waals surface area contributed by atoms with E-state index in [4.69, 9.17) is 11.2 Å². The third-order valence-electron chi connectivity index (χ3n) is 3.71. The highest BCUT2D eigenvalue weighted by Crippen LogP contribution is 2.23. The van der Waals surface area contributed by atoms with Gasteiger partial charge in [0.2, 0.25) is 0 Å². The minimum atomic E-state index is -0.481. The van der Waals surface area contributed by atoms with Gasteiger partial charge in [-0.1, -0.05) is 31.6 Å². The number of hydrogen-bond donors (Lipinski definition) is 0. The molecule has 1 saturated carbocycles. The van der Waals surface area contributed by atoms with Crippen LogP contribution < -0.4 is 4.90 Å². The van der Waals surface area contributed by atoms with E-state index < -0.39 is 6.10 Å². The standard InChI is InChI=1S/C16H22N2O2S/c1-3-11-18(16-17-10-12-21-16)15(19)13(2)20-14-8-6-4-5-7-9-14/h1,10,12-14H,4-9,11H2,2H3. The molecule has 1 amide bonds. The highest BCUT2D eigenvalue weighted by Gasteiger charge is 2.26. The Labute approximate surface area is 130 Å². The second-order valence-corrected chi connectivity index (χ2v) is 6.21. The fourth-order valence-electron chi connectivity index (χ4n) is 2.62. The lowest BCUT2D eigenvalue weighted by Crippen LogP contribution is -2.41. The summed E-state index contributed by atoms with van der Waals surface area (Å²) in [7, 11) is 0. The monoisotopic (exact) mass is 306 g/mol. The number of carbonyl (C=O) groups is 1. The molecule has 0 spiro atoms. The van der Waals surface area contributed by atoms with Crippen molar-refractivity contribution in [3.05, 3.63) is 11.6 Å². The summed E-state index contributed by atoms with van der Waals surface area (Å²) >= 11 is 1.41. The van der Waals surface area contributed by atoms with Gasteiger partial charge in [0.1, 0.15) is 6.10 Å². The van der Waals surface area contributed by atoms with Crippen molar-refractivity contribution in [2.75, 3.05) is 11.4 Å². The second kappa shape index (κ2) is 8.16. The third kappa shape index (κ3) is 4.55. The molecule has 0 aromatic carbocycles. The summed E-state index contributed by atoms with van der Waals surface area (Å²) in [5, 5.41) is 2.47. The van der Waals surface area contributed by atoms with Crippen molar-refractivity contribution in [3.63, 3.8) is 0 Å². The van der Waals surface area contributed by atoms with E-state index in [1.165, 1.54) is 41.9 Å². The summed E-state index contributed by atoms with van der Waals surface area (Å²) < 4.78 is 5.98. The zero-order valence-electron chi connectivity index (χ0n) is 12.5. The quantitative estimate of drug-likeness (QED) is 0.619. The maximum atomic E-state index is 12.6. The number of rotatable bonds is 5. The second-order valence-electron chi connectivity index (χ2n) is 5.34. The molecule has 4 nitrogen and oxygen atoms in total. The average molecular weight is 306 g/mol. The van der Waals surface area contributed by atoms with Crippen LogP contribution in [0.25, 0.3) is 0 Å². The Bertz CT molecular complexity index is 473. The Kier molecular flexibility index (Phi) is 6.21. The molecule has 1 aromatic rings. The van der Waals surface area contributed by atoms with E-state index in [9.17, 15) is 4.79 Å². The lowest BCUT2D eigenvalue weighted by Gasteiger charge is -2.25. The van der Waals surface area contributed by atoms with E-state index in [2.05, 4.69) is 10.9 Å². The number of amides is 1. The number of ether oxygens (including phenoxy) is 1. The van der Waals surface area contributed by atoms with Gasteiger partial charge in [0.05, 0.1) is 12.6 Å². The van der Waals surface area contributed by atoms with Crippen LogP contribution in [0, 0.1) is 12.3 Å². The predicted octanol–water partition coefficient (Wildman–Crippen LogP) is 3.24. The first-order valence-corrected chi connectivity index (χ1v) is 8.40. The highest BCUT2D eigenvalue weighted by molar-refractivity contribution is 7.13. The fraction of sp³-hybridized carbons (Fsp3) is 0.625. The molecule has 2 rings (SSSR count). The molecule has 1 aromatic heterocycles. The van der Waals surface area contributed by atoms with Gasteiger partial charge in [-0.2, -0.15) is 0 Å². The van der Waals surface area contributed by atoms with E-state index in [-0.39, 0.29) is 18.6 Å². The van der Waals surface area contributed by atoms with E-state index in [0.717, 1.165) is 12.8 Å². The topological polar surface area (TPSA) is 42.4 Å². The van der Waals surface area contributed by atoms with Crippen LogP contribution in [0.15, 0.2) is 11.6 Å². The molecule has 0 saturated heterocycles. The Morgan fingerprint density at radius 3 is 2.81 bits per heavy atom. The lowest BCUT2D eigenvalue weighted by atomic mass is 10.1. The Morgan fingerprint density at radius 2 is 2.24 bits per heavy atom. The maximum Gasteiger partial charge on any atom is 0.258 e. The van der Waals surface area contributed by atoms with Crippen molar-refractivity contribution in [1.29, 1.82) is 0 Å². The van der Waals surface area contributed by atoms with Crippen LogP contribution in [0.5, 0.6) is 0 Å². The van der Waals surface area contributed by atoms with Gasteiger partial charge in [-0.25, -0.2) is 4.98 Å². The van der Waals surface area contributed by atoms with Crippen molar-refractivity contribution in [2.24, 2.45) is 0 Å². The van der Waals surface area contributed by atoms with Crippen molar-refractivity contribution >= 4 is 22.4 Å². The molecule has 5 heteroatoms. The molecule has 1 fully saturated rings. The van der Waals surface area contributed by atoms with Gasteiger partial charge in [-0.05, 0) is 19.8 Å². The Balaban J connectivity index is 1.97. The summed E-state index contributed by atoms with van der Waals surface area (Å²) in [4.78, 5) is 18.3. The maximum absolute atomic E-state index is 12.6. The van der Waals surface area contributed by atoms with Crippen LogP contribution in [0.4, 0.5) is 5.13 Å². The Hall–Kier alpha value is -1.38. The largest absolute Gasteiger partial charge is 0.365 e. The molecule has 0 radical (unpaired) electrons. The predicted molar refractivity (Wildman–Crippen MR) is 85.3 cm³/mol. The van der Waals surface area contributed by atoms with Crippen molar-refractivity contribution < 1.29 is 9.53 Å². The molecule has 0 bridgehead atoms. The van der Waals surface area contributed by atoms with Gasteiger partial charge in [0.15, 0.2) is 5.13 Å². The summed E-state index contributed by atoms with van der Waals surface area (Å²) in [5.41, 5.74) is 0. The molecule has 1 heterocycles. The third-order valence-corrected chi connectivity index (χ3v) is 4.51. The van der Waals surface area contributed by atoms with Gasteiger partial charge in [0.25, 0.3) is 5.91 Å². The van der Waals surface area contributed by atoms with Crippen molar-refractivity contribution in [2.45, 2.75) is 57.7 Å². The highest BCUT2D eigenvalue weighted by atomic mass is 32.1. The summed E-state index contributed by atoms with van der Waals surface area (Å²) in [6.07, 6.45) is 13.8. The number of thiazole rings is 1. The molecule has 1 aliphatic carbocycles. The summed E-state index contributed by atoms with van der Waals surface area (Å²) in [6, 6.07) is 0. The van der Waals surface area contributed by atoms with E-state index in [1.54, 1.807) is 6.20 Å². The van der Waals surface area contributed by atoms with E-state index in [0.29, 0.717) is 5.13 Å². The summed E-state index contributed by atoms with van der Waals surface area (Å²) in [6.45, 7) is 2.04. The van der Waals surface area contributed by atoms with Crippen LogP contribution in [-0.4, -0.2) is 29.6 Å². The van der Waals surface area contributed by atoms with Crippen molar-refractivity contribution in [3.8, 4) is 12.3 Å². The van der Waals surface area contributed by atoms with Gasteiger partial charge < -0.3 is 4.74 Å². The Morgan fingerprint density at radius 1 is 1.52 bits per heavy atom. The van der Waals surface area contributed by atoms with Gasteiger partial charge in [0, 0.05) is 11.6 Å². The molecular formula is C16H22N2O2S. The van der Waals surface area contributed by atoms with Crippen LogP contribution in [0.1, 0.15) is 45.4 Å². The molecule has 0 N–H and O–H groups in total. The zero-order chi connectivity index (χ0) is 15.1. The van der Waals surface area contributed by atoms with Crippen LogP contribution in [0.2, 0.25) is 0 Å². The van der Waals surface area contributed by atoms with Gasteiger partial charge in [-0.3, -0.25) is 9.69 Å². The smallest absolute Gasteiger partial charge is 0.258 e. The minimum Gasteiger partial charge on any atom is -0.365 e. The van der Waals surface area contributed by atoms with E-state index in [1.807, 2.05) is 12.3 Å². The number of hydrogen-bond acceptors (Lipinski definition) is 4. The van der Waals surface area contributed by atoms with Crippen LogP contribution >= 0.6 is 11.3 Å². The molecule has 114 valence electrons. The molecule has 1 aliphatic rings. The summed E-state index contributed by atoms with van der Waals surface area (Å²) in [5.74, 6) is 2.42. The number of aromatic nitrogens is 1. The van der Waals surface area contributed by atoms with Gasteiger partial charge in [-0.15, -0.1) is 17.8 Å². The van der Waals surface area contributed by atoms with Gasteiger partial charge >= 0.3 is 0 Å². The number of anilines is 1. The van der Waals surface area contributed by atoms with Crippen LogP contribution in [-0.2, 0) is 9.53 Å². The lowest BCUT2D eigenvalue weighted by molar-refractivity contribution is -0.132. The number of nitrogens with zero attached hydrogens (tertiary/aromatic N) is 2. The van der Waals surface area contributed by atoms with Crippen molar-refractivity contribution in [1.82, 2.24) is 4.98 Å². The first kappa shape index (κ1) is 16.0. The molecule has 1 atom stereocenters. The molecule has 21 heavy (non-hydrogen) atoms. The normalized spacial score (nSPS) is 17.7. The first-order chi connectivity index (χ1) is 10.2. The van der Waals surface area contributed by atoms with E-state index >= 15 is 0 Å².